The van der Waals surface area contributed by atoms with Crippen LogP contribution in [0.15, 0.2) is 0 Å². The van der Waals surface area contributed by atoms with Gasteiger partial charge in [-0.1, -0.05) is 6.55 Å². The average molecular weight is 161 g/mol. The van der Waals surface area contributed by atoms with Crippen molar-refractivity contribution < 1.29 is 4.43 Å². The van der Waals surface area contributed by atoms with Gasteiger partial charge in [-0.25, -0.2) is 0 Å². The first-order valence-electron chi connectivity index (χ1n) is 3.46. The van der Waals surface area contributed by atoms with Gasteiger partial charge in [-0.15, -0.1) is 0 Å². The number of rotatable bonds is 3. The van der Waals surface area contributed by atoms with Crippen LogP contribution in [-0.2, 0) is 4.43 Å². The van der Waals surface area contributed by atoms with Gasteiger partial charge in [0.15, 0.2) is 8.32 Å². The molecule has 0 aliphatic rings. The van der Waals surface area contributed by atoms with Crippen LogP contribution in [0, 0.1) is 6.92 Å². The Hall–Kier alpha value is 0.394. The molecular formula is C6H17OSi2. The highest BCUT2D eigenvalue weighted by molar-refractivity contribution is 6.70. The molecule has 0 rings (SSSR count). The van der Waals surface area contributed by atoms with Crippen molar-refractivity contribution in [2.45, 2.75) is 31.9 Å². The molecule has 1 radical (unpaired) electrons. The molecule has 0 amide bonds. The molecule has 0 saturated heterocycles. The summed E-state index contributed by atoms with van der Waals surface area (Å²) in [6, 6.07) is 0. The van der Waals surface area contributed by atoms with Gasteiger partial charge in [-0.2, -0.15) is 0 Å². The molecule has 9 heavy (non-hydrogen) atoms. The zero-order valence-corrected chi connectivity index (χ0v) is 9.31. The first-order valence-corrected chi connectivity index (χ1v) is 9.10. The maximum absolute atomic E-state index is 5.68. The molecule has 1 atom stereocenters. The van der Waals surface area contributed by atoms with Gasteiger partial charge in [0, 0.05) is 5.73 Å². The normalized spacial score (nSPS) is 17.0. The van der Waals surface area contributed by atoms with Gasteiger partial charge in [0.1, 0.15) is 0 Å². The van der Waals surface area contributed by atoms with E-state index < -0.39 is 8.32 Å². The lowest BCUT2D eigenvalue weighted by Crippen LogP contribution is -2.32. The van der Waals surface area contributed by atoms with Crippen molar-refractivity contribution in [3.63, 3.8) is 0 Å². The van der Waals surface area contributed by atoms with Crippen molar-refractivity contribution >= 4 is 17.8 Å². The summed E-state index contributed by atoms with van der Waals surface area (Å²) in [5, 5.41) is 0. The predicted octanol–water partition coefficient (Wildman–Crippen LogP) is 1.21. The Bertz CT molecular complexity index is 77.6. The molecular weight excluding hydrogens is 144 g/mol. The maximum atomic E-state index is 5.68. The minimum absolute atomic E-state index is 0.0401. The standard InChI is InChI=1S/C6H17OSi2/c1-6(8-2)7-9(3,4)5/h6H,1,8H2,2-5H3. The van der Waals surface area contributed by atoms with Gasteiger partial charge in [0.2, 0.25) is 0 Å². The first kappa shape index (κ1) is 9.39. The van der Waals surface area contributed by atoms with Crippen molar-refractivity contribution in [1.29, 1.82) is 0 Å². The van der Waals surface area contributed by atoms with E-state index in [9.17, 15) is 0 Å². The molecule has 0 aliphatic carbocycles. The summed E-state index contributed by atoms with van der Waals surface area (Å²) in [5.74, 6) is 0. The van der Waals surface area contributed by atoms with E-state index in [4.69, 9.17) is 4.43 Å². The predicted molar refractivity (Wildman–Crippen MR) is 48.0 cm³/mol. The highest BCUT2D eigenvalue weighted by Crippen LogP contribution is 2.05. The van der Waals surface area contributed by atoms with Gasteiger partial charge in [-0.3, -0.25) is 0 Å². The zero-order chi connectivity index (χ0) is 7.49. The SMILES string of the molecule is [CH2]C(O[Si](C)(C)C)[SiH2]C. The minimum Gasteiger partial charge on any atom is -0.418 e. The lowest BCUT2D eigenvalue weighted by Gasteiger charge is -2.21. The van der Waals surface area contributed by atoms with E-state index in [0.29, 0.717) is 5.73 Å². The van der Waals surface area contributed by atoms with Crippen LogP contribution in [0.1, 0.15) is 0 Å². The van der Waals surface area contributed by atoms with Crippen molar-refractivity contribution in [2.24, 2.45) is 0 Å². The van der Waals surface area contributed by atoms with Gasteiger partial charge in [-0.05, 0) is 26.6 Å². The molecule has 0 saturated carbocycles. The topological polar surface area (TPSA) is 9.23 Å². The monoisotopic (exact) mass is 161 g/mol. The molecule has 1 nitrogen and oxygen atoms in total. The molecule has 0 aromatic carbocycles. The average Bonchev–Trinajstić information content (AvgIpc) is 1.62. The Labute approximate surface area is 61.8 Å². The highest BCUT2D eigenvalue weighted by Gasteiger charge is 2.16. The second kappa shape index (κ2) is 3.53. The Morgan fingerprint density at radius 2 is 1.89 bits per heavy atom. The first-order chi connectivity index (χ1) is 3.95. The Morgan fingerprint density at radius 3 is 2.00 bits per heavy atom. The summed E-state index contributed by atoms with van der Waals surface area (Å²) in [4.78, 5) is 0. The van der Waals surface area contributed by atoms with Crippen molar-refractivity contribution in [3.8, 4) is 0 Å². The van der Waals surface area contributed by atoms with Crippen molar-refractivity contribution in [3.05, 3.63) is 6.92 Å². The van der Waals surface area contributed by atoms with Crippen LogP contribution in [0.3, 0.4) is 0 Å². The van der Waals surface area contributed by atoms with Crippen LogP contribution < -0.4 is 0 Å². The smallest absolute Gasteiger partial charge is 0.183 e. The van der Waals surface area contributed by atoms with Gasteiger partial charge >= 0.3 is 0 Å². The summed E-state index contributed by atoms with van der Waals surface area (Å²) in [6.07, 6.45) is 0. The van der Waals surface area contributed by atoms with E-state index in [0.717, 1.165) is 0 Å². The molecule has 0 bridgehead atoms. The lowest BCUT2D eigenvalue weighted by molar-refractivity contribution is 0.314. The summed E-state index contributed by atoms with van der Waals surface area (Å²) in [6.45, 7) is 12.8. The van der Waals surface area contributed by atoms with Crippen LogP contribution in [0.4, 0.5) is 0 Å². The van der Waals surface area contributed by atoms with Crippen LogP contribution in [0.2, 0.25) is 26.2 Å². The van der Waals surface area contributed by atoms with Crippen LogP contribution in [0.5, 0.6) is 0 Å². The third-order valence-electron chi connectivity index (χ3n) is 0.976. The zero-order valence-electron chi connectivity index (χ0n) is 6.90. The van der Waals surface area contributed by atoms with E-state index in [2.05, 4.69) is 33.1 Å². The Morgan fingerprint density at radius 1 is 1.44 bits per heavy atom. The fourth-order valence-electron chi connectivity index (χ4n) is 0.583. The van der Waals surface area contributed by atoms with Gasteiger partial charge < -0.3 is 4.43 Å². The quantitative estimate of drug-likeness (QED) is 0.566. The third kappa shape index (κ3) is 6.28. The lowest BCUT2D eigenvalue weighted by atomic mass is 10.9. The minimum atomic E-state index is -1.27. The molecule has 0 aliphatic heterocycles. The fraction of sp³-hybridized carbons (Fsp3) is 0.833. The summed E-state index contributed by atoms with van der Waals surface area (Å²) < 4.78 is 5.68. The van der Waals surface area contributed by atoms with E-state index >= 15 is 0 Å². The second-order valence-corrected chi connectivity index (χ2v) is 9.45. The summed E-state index contributed by atoms with van der Waals surface area (Å²) >= 11 is 0. The fourth-order valence-corrected chi connectivity index (χ4v) is 3.75. The third-order valence-corrected chi connectivity index (χ3v) is 3.43. The Balaban J connectivity index is 3.47. The van der Waals surface area contributed by atoms with E-state index in [1.165, 1.54) is 0 Å². The summed E-state index contributed by atoms with van der Waals surface area (Å²) in [7, 11) is -1.31. The molecule has 55 valence electrons. The van der Waals surface area contributed by atoms with Gasteiger partial charge in [0.25, 0.3) is 0 Å². The highest BCUT2D eigenvalue weighted by atomic mass is 28.4. The van der Waals surface area contributed by atoms with Gasteiger partial charge in [0.05, 0.1) is 9.52 Å². The molecule has 0 heterocycles. The number of hydrogen-bond acceptors (Lipinski definition) is 1. The van der Waals surface area contributed by atoms with E-state index in [-0.39, 0.29) is 9.52 Å². The van der Waals surface area contributed by atoms with E-state index in [1.807, 2.05) is 0 Å². The molecule has 0 N–H and O–H groups in total. The van der Waals surface area contributed by atoms with Crippen molar-refractivity contribution in [1.82, 2.24) is 0 Å². The van der Waals surface area contributed by atoms with Crippen LogP contribution in [-0.4, -0.2) is 23.6 Å². The Kier molecular flexibility index (Phi) is 3.69. The van der Waals surface area contributed by atoms with E-state index in [1.54, 1.807) is 0 Å². The van der Waals surface area contributed by atoms with Crippen molar-refractivity contribution in [2.75, 3.05) is 0 Å². The largest absolute Gasteiger partial charge is 0.418 e. The maximum Gasteiger partial charge on any atom is 0.183 e. The second-order valence-electron chi connectivity index (χ2n) is 3.26. The molecule has 1 unspecified atom stereocenters. The molecule has 0 aromatic rings. The van der Waals surface area contributed by atoms with Crippen LogP contribution in [0.25, 0.3) is 0 Å². The molecule has 0 fully saturated rings. The van der Waals surface area contributed by atoms with Crippen LogP contribution >= 0.6 is 0 Å². The number of hydrogen-bond donors (Lipinski definition) is 0. The molecule has 0 spiro atoms. The molecule has 0 aromatic heterocycles. The summed E-state index contributed by atoms with van der Waals surface area (Å²) in [5.41, 5.74) is 0.344. The molecule has 3 heteroatoms.